The van der Waals surface area contributed by atoms with E-state index in [-0.39, 0.29) is 10.8 Å². The van der Waals surface area contributed by atoms with Crippen molar-refractivity contribution in [1.82, 2.24) is 0 Å². The fourth-order valence-corrected chi connectivity index (χ4v) is 2.14. The molecule has 0 aliphatic carbocycles. The lowest BCUT2D eigenvalue weighted by molar-refractivity contribution is 0.322. The molecular weight excluding hydrogens is 307 g/mol. The van der Waals surface area contributed by atoms with E-state index in [0.717, 1.165) is 0 Å². The van der Waals surface area contributed by atoms with Crippen molar-refractivity contribution >= 4 is 17.8 Å². The van der Waals surface area contributed by atoms with E-state index in [2.05, 4.69) is 5.16 Å². The van der Waals surface area contributed by atoms with Crippen molar-refractivity contribution in [3.05, 3.63) is 58.4 Å². The van der Waals surface area contributed by atoms with Gasteiger partial charge in [-0.2, -0.15) is 0 Å². The highest BCUT2D eigenvalue weighted by molar-refractivity contribution is 6.32. The van der Waals surface area contributed by atoms with E-state index in [9.17, 15) is 4.39 Å². The quantitative estimate of drug-likeness (QED) is 0.484. The Kier molecular flexibility index (Phi) is 5.35. The highest BCUT2D eigenvalue weighted by Gasteiger charge is 2.18. The van der Waals surface area contributed by atoms with Crippen LogP contribution in [0.5, 0.6) is 11.5 Å². The van der Waals surface area contributed by atoms with Crippen LogP contribution in [0.4, 0.5) is 4.39 Å². The number of rotatable bonds is 5. The Balaban J connectivity index is 2.32. The fourth-order valence-electron chi connectivity index (χ4n) is 1.95. The van der Waals surface area contributed by atoms with Gasteiger partial charge in [-0.05, 0) is 42.3 Å². The summed E-state index contributed by atoms with van der Waals surface area (Å²) in [6.07, 6.45) is 1.88. The summed E-state index contributed by atoms with van der Waals surface area (Å²) in [7, 11) is 0. The highest BCUT2D eigenvalue weighted by Crippen LogP contribution is 2.35. The zero-order valence-corrected chi connectivity index (χ0v) is 12.7. The molecule has 0 saturated heterocycles. The van der Waals surface area contributed by atoms with Gasteiger partial charge in [0.15, 0.2) is 11.6 Å². The van der Waals surface area contributed by atoms with E-state index in [1.54, 1.807) is 36.4 Å². The molecule has 0 spiro atoms. The molecule has 0 saturated carbocycles. The molecule has 0 amide bonds. The van der Waals surface area contributed by atoms with Crippen LogP contribution in [0.1, 0.15) is 30.5 Å². The zero-order chi connectivity index (χ0) is 16.1. The second-order valence-electron chi connectivity index (χ2n) is 4.71. The van der Waals surface area contributed by atoms with Gasteiger partial charge in [-0.15, -0.1) is 0 Å². The number of hydrogen-bond donors (Lipinski definition) is 2. The number of halogens is 2. The zero-order valence-electron chi connectivity index (χ0n) is 12.0. The molecule has 0 aliphatic heterocycles. The van der Waals surface area contributed by atoms with Crippen LogP contribution < -0.4 is 10.5 Å². The minimum absolute atomic E-state index is 0.0494. The molecular formula is C16H16ClFN2O2. The third-order valence-corrected chi connectivity index (χ3v) is 3.52. The second-order valence-corrected chi connectivity index (χ2v) is 5.12. The summed E-state index contributed by atoms with van der Waals surface area (Å²) in [5.74, 6) is -0.187. The molecule has 4 nitrogen and oxygen atoms in total. The molecule has 0 aliphatic rings. The third-order valence-electron chi connectivity index (χ3n) is 3.23. The van der Waals surface area contributed by atoms with Gasteiger partial charge in [-0.25, -0.2) is 4.39 Å². The van der Waals surface area contributed by atoms with Crippen molar-refractivity contribution in [3.8, 4) is 11.5 Å². The van der Waals surface area contributed by atoms with Gasteiger partial charge in [0.25, 0.3) is 0 Å². The smallest absolute Gasteiger partial charge is 0.181 e. The maximum atomic E-state index is 14.5. The predicted octanol–water partition coefficient (Wildman–Crippen LogP) is 4.49. The normalized spacial score (nSPS) is 12.5. The van der Waals surface area contributed by atoms with Gasteiger partial charge in [-0.3, -0.25) is 0 Å². The van der Waals surface area contributed by atoms with Crippen LogP contribution in [0.3, 0.4) is 0 Å². The molecule has 2 aromatic carbocycles. The van der Waals surface area contributed by atoms with Crippen molar-refractivity contribution < 1.29 is 14.3 Å². The van der Waals surface area contributed by atoms with Gasteiger partial charge < -0.3 is 15.7 Å². The second kappa shape index (κ2) is 7.24. The molecule has 6 heteroatoms. The van der Waals surface area contributed by atoms with E-state index < -0.39 is 11.9 Å². The SMILES string of the molecule is CC[C@@H](N)c1ccc(Cl)c(Oc2ccc(C=NO)cc2)c1F. The maximum absolute atomic E-state index is 14.5. The van der Waals surface area contributed by atoms with Crippen LogP contribution in [-0.4, -0.2) is 11.4 Å². The Hall–Kier alpha value is -2.11. The number of oxime groups is 1. The largest absolute Gasteiger partial charge is 0.453 e. The van der Waals surface area contributed by atoms with Gasteiger partial charge >= 0.3 is 0 Å². The van der Waals surface area contributed by atoms with E-state index in [1.165, 1.54) is 6.21 Å². The van der Waals surface area contributed by atoms with E-state index in [0.29, 0.717) is 23.3 Å². The van der Waals surface area contributed by atoms with Crippen LogP contribution in [0.2, 0.25) is 5.02 Å². The van der Waals surface area contributed by atoms with Crippen molar-refractivity contribution in [2.45, 2.75) is 19.4 Å². The number of ether oxygens (including phenoxy) is 1. The van der Waals surface area contributed by atoms with Crippen molar-refractivity contribution in [2.75, 3.05) is 0 Å². The van der Waals surface area contributed by atoms with Gasteiger partial charge in [0.05, 0.1) is 11.2 Å². The maximum Gasteiger partial charge on any atom is 0.181 e. The number of nitrogens with zero attached hydrogens (tertiary/aromatic N) is 1. The molecule has 0 unspecified atom stereocenters. The minimum atomic E-state index is -0.553. The lowest BCUT2D eigenvalue weighted by Crippen LogP contribution is -2.11. The Morgan fingerprint density at radius 3 is 2.59 bits per heavy atom. The molecule has 0 heterocycles. The van der Waals surface area contributed by atoms with Gasteiger partial charge in [0, 0.05) is 11.6 Å². The summed E-state index contributed by atoms with van der Waals surface area (Å²) < 4.78 is 20.1. The number of hydrogen-bond acceptors (Lipinski definition) is 4. The monoisotopic (exact) mass is 322 g/mol. The predicted molar refractivity (Wildman–Crippen MR) is 84.5 cm³/mol. The first-order chi connectivity index (χ1) is 10.6. The van der Waals surface area contributed by atoms with Crippen LogP contribution in [0.25, 0.3) is 0 Å². The summed E-state index contributed by atoms with van der Waals surface area (Å²) in [4.78, 5) is 0. The molecule has 1 atom stereocenters. The van der Waals surface area contributed by atoms with Gasteiger partial charge in [-0.1, -0.05) is 29.7 Å². The third kappa shape index (κ3) is 3.55. The first-order valence-electron chi connectivity index (χ1n) is 6.75. The standard InChI is InChI=1S/C16H16ClFN2O2/c1-2-14(19)12-7-8-13(17)16(15(12)18)22-11-5-3-10(4-6-11)9-20-21/h3-9,14,21H,2,19H2,1H3/t14-/m1/s1. The van der Waals surface area contributed by atoms with Crippen molar-refractivity contribution in [2.24, 2.45) is 10.9 Å². The first kappa shape index (κ1) is 16.3. The summed E-state index contributed by atoms with van der Waals surface area (Å²) in [6, 6.07) is 9.31. The fraction of sp³-hybridized carbons (Fsp3) is 0.188. The Bertz CT molecular complexity index is 675. The molecule has 2 rings (SSSR count). The van der Waals surface area contributed by atoms with E-state index in [1.807, 2.05) is 6.92 Å². The van der Waals surface area contributed by atoms with Crippen LogP contribution in [-0.2, 0) is 0 Å². The first-order valence-corrected chi connectivity index (χ1v) is 7.13. The van der Waals surface area contributed by atoms with E-state index >= 15 is 0 Å². The van der Waals surface area contributed by atoms with Gasteiger partial charge in [0.1, 0.15) is 5.75 Å². The molecule has 0 fully saturated rings. The molecule has 116 valence electrons. The summed E-state index contributed by atoms with van der Waals surface area (Å²) >= 11 is 6.02. The molecule has 0 bridgehead atoms. The molecule has 22 heavy (non-hydrogen) atoms. The molecule has 2 aromatic rings. The lowest BCUT2D eigenvalue weighted by atomic mass is 10.0. The average molecular weight is 323 g/mol. The van der Waals surface area contributed by atoms with Crippen LogP contribution >= 0.6 is 11.6 Å². The number of benzene rings is 2. The van der Waals surface area contributed by atoms with E-state index in [4.69, 9.17) is 27.3 Å². The summed E-state index contributed by atoms with van der Waals surface area (Å²) in [5.41, 5.74) is 6.93. The summed E-state index contributed by atoms with van der Waals surface area (Å²) in [6.45, 7) is 1.88. The average Bonchev–Trinajstić information content (AvgIpc) is 2.52. The Morgan fingerprint density at radius 2 is 2.00 bits per heavy atom. The molecule has 0 aromatic heterocycles. The number of nitrogens with two attached hydrogens (primary N) is 1. The van der Waals surface area contributed by atoms with Crippen LogP contribution in [0, 0.1) is 5.82 Å². The van der Waals surface area contributed by atoms with Crippen molar-refractivity contribution in [3.63, 3.8) is 0 Å². The Labute approximate surface area is 133 Å². The topological polar surface area (TPSA) is 67.8 Å². The minimum Gasteiger partial charge on any atom is -0.453 e. The lowest BCUT2D eigenvalue weighted by Gasteiger charge is -2.15. The molecule has 3 N–H and O–H groups in total. The summed E-state index contributed by atoms with van der Waals surface area (Å²) in [5, 5.41) is 11.6. The Morgan fingerprint density at radius 1 is 1.32 bits per heavy atom. The molecule has 0 radical (unpaired) electrons. The van der Waals surface area contributed by atoms with Crippen molar-refractivity contribution in [1.29, 1.82) is 0 Å². The van der Waals surface area contributed by atoms with Gasteiger partial charge in [0.2, 0.25) is 0 Å². The van der Waals surface area contributed by atoms with Crippen LogP contribution in [0.15, 0.2) is 41.6 Å². The highest BCUT2D eigenvalue weighted by atomic mass is 35.5.